The Hall–Kier alpha value is -4.19. The van der Waals surface area contributed by atoms with Crippen LogP contribution in [-0.2, 0) is 10.0 Å². The fraction of sp³-hybridized carbons (Fsp3) is 0.143. The van der Waals surface area contributed by atoms with E-state index < -0.39 is 16.1 Å². The molecule has 208 valence electrons. The Morgan fingerprint density at radius 1 is 0.829 bits per heavy atom. The van der Waals surface area contributed by atoms with Crippen molar-refractivity contribution in [2.45, 2.75) is 4.90 Å². The van der Waals surface area contributed by atoms with Gasteiger partial charge in [0.05, 0.1) is 9.92 Å². The van der Waals surface area contributed by atoms with Crippen molar-refractivity contribution in [3.63, 3.8) is 0 Å². The van der Waals surface area contributed by atoms with Gasteiger partial charge in [-0.2, -0.15) is 0 Å². The van der Waals surface area contributed by atoms with Crippen molar-refractivity contribution in [1.82, 2.24) is 29.1 Å². The van der Waals surface area contributed by atoms with Gasteiger partial charge in [-0.15, -0.1) is 0 Å². The number of carbonyl (C=O) groups excluding carboxylic acids is 1. The third-order valence-corrected chi connectivity index (χ3v) is 8.68. The number of hydrogen-bond donors (Lipinski definition) is 1. The molecule has 2 aromatic heterocycles. The number of nitrogens with zero attached hydrogens (tertiary/aromatic N) is 6. The first-order chi connectivity index (χ1) is 19.8. The molecule has 13 heteroatoms. The maximum atomic E-state index is 12.8. The molecule has 5 aromatic rings. The Balaban J connectivity index is 1.30. The second-order valence-corrected chi connectivity index (χ2v) is 11.8. The van der Waals surface area contributed by atoms with Gasteiger partial charge in [0, 0.05) is 42.5 Å². The van der Waals surface area contributed by atoms with Crippen LogP contribution in [0, 0.1) is 0 Å². The summed E-state index contributed by atoms with van der Waals surface area (Å²) in [6, 6.07) is 21.9. The Labute approximate surface area is 246 Å². The summed E-state index contributed by atoms with van der Waals surface area (Å²) in [4.78, 5) is 30.4. The van der Waals surface area contributed by atoms with E-state index in [1.807, 2.05) is 39.8 Å². The molecule has 0 unspecified atom stereocenters. The standard InChI is InChI=1S/C28H23Cl2N7O3S/c29-19-10-12-20(13-11-19)37-25(22-8-4-5-9-23(22)30)33-24-26(31-18-32-27(24)37)35-14-16-36(17-15-35)28(38)34-41(39,40)21-6-2-1-3-7-21/h1-13,18H,14-17H2,(H,34,38). The highest BCUT2D eigenvalue weighted by atomic mass is 35.5. The summed E-state index contributed by atoms with van der Waals surface area (Å²) in [5, 5.41) is 1.14. The van der Waals surface area contributed by atoms with Gasteiger partial charge in [0.1, 0.15) is 12.2 Å². The van der Waals surface area contributed by atoms with Gasteiger partial charge in [-0.1, -0.05) is 53.5 Å². The topological polar surface area (TPSA) is 113 Å². The highest BCUT2D eigenvalue weighted by Gasteiger charge is 2.28. The molecule has 0 atom stereocenters. The third kappa shape index (κ3) is 5.31. The Morgan fingerprint density at radius 2 is 1.51 bits per heavy atom. The zero-order valence-corrected chi connectivity index (χ0v) is 23.8. The number of amides is 2. The lowest BCUT2D eigenvalue weighted by molar-refractivity contribution is 0.200. The quantitative estimate of drug-likeness (QED) is 0.299. The Morgan fingerprint density at radius 3 is 2.22 bits per heavy atom. The van der Waals surface area contributed by atoms with Crippen LogP contribution in [0.5, 0.6) is 0 Å². The van der Waals surface area contributed by atoms with E-state index in [0.717, 1.165) is 11.3 Å². The Bertz CT molecular complexity index is 1840. The Kier molecular flexibility index (Phi) is 7.24. The molecular weight excluding hydrogens is 585 g/mol. The van der Waals surface area contributed by atoms with Gasteiger partial charge in [0.2, 0.25) is 0 Å². The van der Waals surface area contributed by atoms with Gasteiger partial charge < -0.3 is 9.80 Å². The number of fused-ring (bicyclic) bond motifs is 1. The van der Waals surface area contributed by atoms with Crippen LogP contribution in [0.4, 0.5) is 10.6 Å². The molecule has 1 saturated heterocycles. The van der Waals surface area contributed by atoms with Crippen molar-refractivity contribution >= 4 is 56.2 Å². The van der Waals surface area contributed by atoms with Crippen molar-refractivity contribution in [3.05, 3.63) is 95.2 Å². The molecule has 41 heavy (non-hydrogen) atoms. The summed E-state index contributed by atoms with van der Waals surface area (Å²) in [7, 11) is -3.97. The van der Waals surface area contributed by atoms with Crippen LogP contribution in [0.25, 0.3) is 28.2 Å². The van der Waals surface area contributed by atoms with Gasteiger partial charge in [0.25, 0.3) is 10.0 Å². The van der Waals surface area contributed by atoms with Crippen molar-refractivity contribution in [2.24, 2.45) is 0 Å². The molecule has 0 radical (unpaired) electrons. The van der Waals surface area contributed by atoms with Crippen LogP contribution in [0.2, 0.25) is 10.0 Å². The number of urea groups is 1. The van der Waals surface area contributed by atoms with E-state index in [2.05, 4.69) is 14.7 Å². The third-order valence-electron chi connectivity index (χ3n) is 6.77. The number of imidazole rings is 1. The van der Waals surface area contributed by atoms with Crippen LogP contribution < -0.4 is 9.62 Å². The number of benzene rings is 3. The lowest BCUT2D eigenvalue weighted by atomic mass is 10.2. The summed E-state index contributed by atoms with van der Waals surface area (Å²) in [5.41, 5.74) is 2.69. The lowest BCUT2D eigenvalue weighted by Gasteiger charge is -2.35. The van der Waals surface area contributed by atoms with Gasteiger partial charge >= 0.3 is 6.03 Å². The average Bonchev–Trinajstić information content (AvgIpc) is 3.38. The molecule has 0 saturated carbocycles. The van der Waals surface area contributed by atoms with Crippen LogP contribution in [0.15, 0.2) is 90.1 Å². The second-order valence-electron chi connectivity index (χ2n) is 9.29. The van der Waals surface area contributed by atoms with Crippen LogP contribution in [0.1, 0.15) is 0 Å². The summed E-state index contributed by atoms with van der Waals surface area (Å²) in [6.45, 7) is 1.41. The van der Waals surface area contributed by atoms with Crippen molar-refractivity contribution in [3.8, 4) is 17.1 Å². The molecule has 3 heterocycles. The number of aromatic nitrogens is 4. The minimum Gasteiger partial charge on any atom is -0.351 e. The van der Waals surface area contributed by atoms with Gasteiger partial charge in [-0.3, -0.25) is 4.57 Å². The summed E-state index contributed by atoms with van der Waals surface area (Å²) in [5.74, 6) is 1.20. The zero-order valence-electron chi connectivity index (χ0n) is 21.5. The van der Waals surface area contributed by atoms with E-state index in [4.69, 9.17) is 28.2 Å². The van der Waals surface area contributed by atoms with E-state index in [9.17, 15) is 13.2 Å². The van der Waals surface area contributed by atoms with E-state index in [0.29, 0.717) is 45.9 Å². The first kappa shape index (κ1) is 27.0. The molecule has 0 bridgehead atoms. The molecule has 1 aliphatic rings. The van der Waals surface area contributed by atoms with Crippen molar-refractivity contribution < 1.29 is 13.2 Å². The monoisotopic (exact) mass is 607 g/mol. The predicted octanol–water partition coefficient (Wildman–Crippen LogP) is 5.01. The van der Waals surface area contributed by atoms with Gasteiger partial charge in [-0.05, 0) is 48.5 Å². The molecule has 1 aliphatic heterocycles. The van der Waals surface area contributed by atoms with E-state index in [1.54, 1.807) is 36.4 Å². The lowest BCUT2D eigenvalue weighted by Crippen LogP contribution is -2.53. The van der Waals surface area contributed by atoms with E-state index in [-0.39, 0.29) is 18.0 Å². The van der Waals surface area contributed by atoms with Gasteiger partial charge in [-0.25, -0.2) is 32.9 Å². The molecule has 0 spiro atoms. The second kappa shape index (κ2) is 11.0. The molecule has 3 aromatic carbocycles. The number of hydrogen-bond acceptors (Lipinski definition) is 7. The van der Waals surface area contributed by atoms with E-state index >= 15 is 0 Å². The number of piperazine rings is 1. The molecule has 0 aliphatic carbocycles. The molecule has 1 fully saturated rings. The summed E-state index contributed by atoms with van der Waals surface area (Å²) >= 11 is 12.7. The van der Waals surface area contributed by atoms with Crippen LogP contribution in [-0.4, -0.2) is 65.0 Å². The van der Waals surface area contributed by atoms with Gasteiger partial charge in [0.15, 0.2) is 17.0 Å². The molecule has 2 amide bonds. The average molecular weight is 609 g/mol. The van der Waals surface area contributed by atoms with Crippen LogP contribution in [0.3, 0.4) is 0 Å². The minimum atomic E-state index is -3.97. The smallest absolute Gasteiger partial charge is 0.331 e. The highest BCUT2D eigenvalue weighted by molar-refractivity contribution is 7.90. The molecule has 1 N–H and O–H groups in total. The zero-order chi connectivity index (χ0) is 28.6. The fourth-order valence-corrected chi connectivity index (χ4v) is 6.07. The maximum absolute atomic E-state index is 12.8. The number of sulfonamides is 1. The molecular formula is C28H23Cl2N7O3S. The number of nitrogens with one attached hydrogen (secondary N) is 1. The van der Waals surface area contributed by atoms with Crippen molar-refractivity contribution in [1.29, 1.82) is 0 Å². The first-order valence-corrected chi connectivity index (χ1v) is 14.9. The van der Waals surface area contributed by atoms with Crippen LogP contribution >= 0.6 is 23.2 Å². The normalized spacial score (nSPS) is 13.9. The minimum absolute atomic E-state index is 0.0287. The molecule has 6 rings (SSSR count). The largest absolute Gasteiger partial charge is 0.351 e. The number of rotatable bonds is 5. The summed E-state index contributed by atoms with van der Waals surface area (Å²) in [6.07, 6.45) is 1.48. The number of carbonyl (C=O) groups is 1. The molecule has 10 nitrogen and oxygen atoms in total. The number of halogens is 2. The van der Waals surface area contributed by atoms with E-state index in [1.165, 1.54) is 23.4 Å². The predicted molar refractivity (Wildman–Crippen MR) is 158 cm³/mol. The SMILES string of the molecule is O=C(NS(=O)(=O)c1ccccc1)N1CCN(c2ncnc3c2nc(-c2ccccc2Cl)n3-c2ccc(Cl)cc2)CC1. The maximum Gasteiger partial charge on any atom is 0.331 e. The highest BCUT2D eigenvalue weighted by Crippen LogP contribution is 2.35. The summed E-state index contributed by atoms with van der Waals surface area (Å²) < 4.78 is 29.3. The number of anilines is 1. The first-order valence-electron chi connectivity index (χ1n) is 12.7. The van der Waals surface area contributed by atoms with Crippen molar-refractivity contribution in [2.75, 3.05) is 31.1 Å². The fourth-order valence-electron chi connectivity index (χ4n) is 4.73.